The van der Waals surface area contributed by atoms with Gasteiger partial charge in [0.15, 0.2) is 0 Å². The molecule has 17 heavy (non-hydrogen) atoms. The molecule has 0 spiro atoms. The normalized spacial score (nSPS) is 32.7. The Kier molecular flexibility index (Phi) is 2.85. The maximum Gasteiger partial charge on any atom is 0.246 e. The first-order chi connectivity index (χ1) is 8.34. The molecule has 1 aromatic carbocycles. The lowest BCUT2D eigenvalue weighted by Gasteiger charge is -2.25. The van der Waals surface area contributed by atoms with Gasteiger partial charge in [0.1, 0.15) is 6.61 Å². The standard InChI is InChI=1S/C14H17NO2/c16-13-9-17-12-8-4-7-11(12)14(15-13)10-5-2-1-3-6-10/h1-3,5-6,11-12,14H,4,7-9H2,(H,15,16)/t11-,12+,14-/m0/s1. The van der Waals surface area contributed by atoms with E-state index < -0.39 is 0 Å². The van der Waals surface area contributed by atoms with Gasteiger partial charge in [0, 0.05) is 5.92 Å². The number of carbonyl (C=O) groups is 1. The SMILES string of the molecule is O=C1CO[C@@H]2CCC[C@@H]2[C@H](c2ccccc2)N1. The maximum absolute atomic E-state index is 11.7. The fraction of sp³-hybridized carbons (Fsp3) is 0.500. The maximum atomic E-state index is 11.7. The quantitative estimate of drug-likeness (QED) is 0.803. The molecule has 2 aliphatic rings. The number of fused-ring (bicyclic) bond motifs is 1. The highest BCUT2D eigenvalue weighted by molar-refractivity contribution is 5.78. The largest absolute Gasteiger partial charge is 0.368 e. The molecule has 1 aromatic rings. The zero-order valence-corrected chi connectivity index (χ0v) is 9.76. The van der Waals surface area contributed by atoms with E-state index in [1.807, 2.05) is 18.2 Å². The Morgan fingerprint density at radius 1 is 1.18 bits per heavy atom. The second kappa shape index (κ2) is 4.49. The molecule has 1 N–H and O–H groups in total. The lowest BCUT2D eigenvalue weighted by Crippen LogP contribution is -2.33. The molecule has 90 valence electrons. The Morgan fingerprint density at radius 3 is 2.82 bits per heavy atom. The highest BCUT2D eigenvalue weighted by Crippen LogP contribution is 2.38. The van der Waals surface area contributed by atoms with Crippen molar-refractivity contribution in [3.63, 3.8) is 0 Å². The third kappa shape index (κ3) is 2.07. The number of hydrogen-bond donors (Lipinski definition) is 1. The van der Waals surface area contributed by atoms with Gasteiger partial charge >= 0.3 is 0 Å². The molecule has 3 rings (SSSR count). The lowest BCUT2D eigenvalue weighted by atomic mass is 9.90. The summed E-state index contributed by atoms with van der Waals surface area (Å²) >= 11 is 0. The van der Waals surface area contributed by atoms with Crippen molar-refractivity contribution in [2.75, 3.05) is 6.61 Å². The molecule has 3 atom stereocenters. The summed E-state index contributed by atoms with van der Waals surface area (Å²) in [7, 11) is 0. The van der Waals surface area contributed by atoms with Gasteiger partial charge in [-0.25, -0.2) is 0 Å². The minimum atomic E-state index is 0.00764. The molecule has 0 unspecified atom stereocenters. The fourth-order valence-corrected chi connectivity index (χ4v) is 3.04. The van der Waals surface area contributed by atoms with Gasteiger partial charge in [0.2, 0.25) is 5.91 Å². The highest BCUT2D eigenvalue weighted by Gasteiger charge is 2.38. The summed E-state index contributed by atoms with van der Waals surface area (Å²) in [6, 6.07) is 10.4. The van der Waals surface area contributed by atoms with Crippen LogP contribution in [-0.4, -0.2) is 18.6 Å². The van der Waals surface area contributed by atoms with Crippen molar-refractivity contribution in [3.05, 3.63) is 35.9 Å². The van der Waals surface area contributed by atoms with Crippen LogP contribution in [-0.2, 0) is 9.53 Å². The van der Waals surface area contributed by atoms with E-state index in [9.17, 15) is 4.79 Å². The molecule has 3 heteroatoms. The summed E-state index contributed by atoms with van der Waals surface area (Å²) in [6.07, 6.45) is 3.68. The predicted molar refractivity (Wildman–Crippen MR) is 64.4 cm³/mol. The molecule has 1 aliphatic heterocycles. The van der Waals surface area contributed by atoms with E-state index in [0.29, 0.717) is 5.92 Å². The monoisotopic (exact) mass is 231 g/mol. The van der Waals surface area contributed by atoms with E-state index in [-0.39, 0.29) is 24.7 Å². The van der Waals surface area contributed by atoms with E-state index in [0.717, 1.165) is 12.8 Å². The second-order valence-electron chi connectivity index (χ2n) is 4.90. The van der Waals surface area contributed by atoms with Crippen LogP contribution in [0.25, 0.3) is 0 Å². The van der Waals surface area contributed by atoms with Crippen molar-refractivity contribution >= 4 is 5.91 Å². The van der Waals surface area contributed by atoms with Crippen LogP contribution in [0.4, 0.5) is 0 Å². The molecule has 0 aromatic heterocycles. The summed E-state index contributed by atoms with van der Waals surface area (Å²) in [4.78, 5) is 11.7. The molecule has 1 saturated heterocycles. The smallest absolute Gasteiger partial charge is 0.246 e. The predicted octanol–water partition coefficient (Wildman–Crippen LogP) is 2.04. The Morgan fingerprint density at radius 2 is 2.00 bits per heavy atom. The summed E-state index contributed by atoms with van der Waals surface area (Å²) in [5.74, 6) is 0.442. The molecule has 0 radical (unpaired) electrons. The summed E-state index contributed by atoms with van der Waals surface area (Å²) in [6.45, 7) is 0.213. The number of benzene rings is 1. The number of rotatable bonds is 1. The molecule has 1 aliphatic carbocycles. The molecule has 0 bridgehead atoms. The average molecular weight is 231 g/mol. The summed E-state index contributed by atoms with van der Waals surface area (Å²) in [5, 5.41) is 3.10. The van der Waals surface area contributed by atoms with E-state index in [4.69, 9.17) is 4.74 Å². The Labute approximate surface area is 101 Å². The lowest BCUT2D eigenvalue weighted by molar-refractivity contribution is -0.126. The van der Waals surface area contributed by atoms with Gasteiger partial charge in [-0.1, -0.05) is 36.8 Å². The number of nitrogens with one attached hydrogen (secondary N) is 1. The molecule has 2 fully saturated rings. The first kappa shape index (κ1) is 10.8. The van der Waals surface area contributed by atoms with Gasteiger partial charge in [-0.15, -0.1) is 0 Å². The van der Waals surface area contributed by atoms with Gasteiger partial charge in [-0.3, -0.25) is 4.79 Å². The number of ether oxygens (including phenoxy) is 1. The van der Waals surface area contributed by atoms with Crippen LogP contribution < -0.4 is 5.32 Å². The Bertz CT molecular complexity index is 404. The van der Waals surface area contributed by atoms with Gasteiger partial charge in [-0.2, -0.15) is 0 Å². The van der Waals surface area contributed by atoms with Gasteiger partial charge < -0.3 is 10.1 Å². The Balaban J connectivity index is 1.91. The minimum absolute atomic E-state index is 0.00764. The summed E-state index contributed by atoms with van der Waals surface area (Å²) in [5.41, 5.74) is 1.20. The molecular weight excluding hydrogens is 214 g/mol. The van der Waals surface area contributed by atoms with Crippen LogP contribution >= 0.6 is 0 Å². The van der Waals surface area contributed by atoms with Crippen LogP contribution in [0.1, 0.15) is 30.9 Å². The van der Waals surface area contributed by atoms with Crippen LogP contribution in [0.3, 0.4) is 0 Å². The second-order valence-corrected chi connectivity index (χ2v) is 4.90. The Hall–Kier alpha value is -1.35. The average Bonchev–Trinajstić information content (AvgIpc) is 2.77. The van der Waals surface area contributed by atoms with E-state index >= 15 is 0 Å². The van der Waals surface area contributed by atoms with Crippen LogP contribution in [0.5, 0.6) is 0 Å². The zero-order valence-electron chi connectivity index (χ0n) is 9.76. The number of amides is 1. The van der Waals surface area contributed by atoms with Crippen LogP contribution in [0.2, 0.25) is 0 Å². The summed E-state index contributed by atoms with van der Waals surface area (Å²) < 4.78 is 5.68. The van der Waals surface area contributed by atoms with Crippen molar-refractivity contribution in [2.24, 2.45) is 5.92 Å². The minimum Gasteiger partial charge on any atom is -0.368 e. The van der Waals surface area contributed by atoms with Gasteiger partial charge in [0.05, 0.1) is 12.1 Å². The third-order valence-electron chi connectivity index (χ3n) is 3.84. The first-order valence-electron chi connectivity index (χ1n) is 6.30. The van der Waals surface area contributed by atoms with Crippen molar-refractivity contribution in [2.45, 2.75) is 31.4 Å². The molecule has 1 amide bonds. The van der Waals surface area contributed by atoms with Crippen molar-refractivity contribution < 1.29 is 9.53 Å². The third-order valence-corrected chi connectivity index (χ3v) is 3.84. The number of carbonyl (C=O) groups excluding carboxylic acids is 1. The van der Waals surface area contributed by atoms with Crippen LogP contribution in [0.15, 0.2) is 30.3 Å². The van der Waals surface area contributed by atoms with E-state index in [1.165, 1.54) is 12.0 Å². The van der Waals surface area contributed by atoms with E-state index in [1.54, 1.807) is 0 Å². The van der Waals surface area contributed by atoms with Crippen molar-refractivity contribution in [1.82, 2.24) is 5.32 Å². The van der Waals surface area contributed by atoms with Crippen LogP contribution in [0, 0.1) is 5.92 Å². The molecule has 1 saturated carbocycles. The van der Waals surface area contributed by atoms with Crippen molar-refractivity contribution in [1.29, 1.82) is 0 Å². The zero-order chi connectivity index (χ0) is 11.7. The molecule has 3 nitrogen and oxygen atoms in total. The molecular formula is C14H17NO2. The number of hydrogen-bond acceptors (Lipinski definition) is 2. The van der Waals surface area contributed by atoms with Crippen molar-refractivity contribution in [3.8, 4) is 0 Å². The van der Waals surface area contributed by atoms with E-state index in [2.05, 4.69) is 17.4 Å². The van der Waals surface area contributed by atoms with Gasteiger partial charge in [0.25, 0.3) is 0 Å². The fourth-order valence-electron chi connectivity index (χ4n) is 3.04. The van der Waals surface area contributed by atoms with Gasteiger partial charge in [-0.05, 0) is 18.4 Å². The topological polar surface area (TPSA) is 38.3 Å². The molecule has 1 heterocycles. The highest BCUT2D eigenvalue weighted by atomic mass is 16.5. The first-order valence-corrected chi connectivity index (χ1v) is 6.30.